The summed E-state index contributed by atoms with van der Waals surface area (Å²) in [4.78, 5) is 43.1. The van der Waals surface area contributed by atoms with Gasteiger partial charge in [0.05, 0.1) is 43.9 Å². The molecule has 0 radical (unpaired) electrons. The van der Waals surface area contributed by atoms with Gasteiger partial charge in [-0.1, -0.05) is 76.2 Å². The Morgan fingerprint density at radius 1 is 0.757 bits per heavy atom. The number of carbonyl (C=O) groups excluding carboxylic acids is 3. The number of amides is 3. The molecular weight excluding hydrogens is 582 g/mol. The minimum absolute atomic E-state index is 0.144. The van der Waals surface area contributed by atoms with Crippen LogP contribution in [0.3, 0.4) is 0 Å². The number of fused-ring (bicyclic) bond motifs is 1. The quantitative estimate of drug-likeness (QED) is 0.133. The van der Waals surface area contributed by atoms with E-state index in [9.17, 15) is 14.4 Å². The molecule has 3 aromatic rings. The Labute approximate surface area is 237 Å². The van der Waals surface area contributed by atoms with Crippen LogP contribution in [-0.2, 0) is 4.79 Å². The van der Waals surface area contributed by atoms with Gasteiger partial charge in [0.25, 0.3) is 17.7 Å². The van der Waals surface area contributed by atoms with Gasteiger partial charge in [-0.15, -0.1) is 0 Å². The molecule has 3 aromatic carbocycles. The lowest BCUT2D eigenvalue weighted by atomic mass is 9.86. The van der Waals surface area contributed by atoms with Gasteiger partial charge in [-0.25, -0.2) is 0 Å². The summed E-state index contributed by atoms with van der Waals surface area (Å²) in [7, 11) is 0. The Bertz CT molecular complexity index is 1440. The van der Waals surface area contributed by atoms with Gasteiger partial charge in [-0.05, 0) is 49.2 Å². The fourth-order valence-electron chi connectivity index (χ4n) is 4.62. The molecule has 1 fully saturated rings. The Hall–Kier alpha value is -2.48. The van der Waals surface area contributed by atoms with Crippen LogP contribution < -0.4 is 9.64 Å². The SMILES string of the molecule is CCOc1ccc(C2C(N3C(=O)c4c(Cl)c(Cl)c(Cl)c(Cl)c4C3=O)C(=O)N2c2ccc(C)c(Cl)c2)cc1. The third-order valence-corrected chi connectivity index (χ3v) is 8.65. The van der Waals surface area contributed by atoms with Crippen molar-refractivity contribution in [2.24, 2.45) is 0 Å². The summed E-state index contributed by atoms with van der Waals surface area (Å²) in [5.41, 5.74) is 1.68. The zero-order chi connectivity index (χ0) is 26.8. The molecule has 6 nitrogen and oxygen atoms in total. The van der Waals surface area contributed by atoms with Gasteiger partial charge >= 0.3 is 0 Å². The third-order valence-electron chi connectivity index (χ3n) is 6.44. The fourth-order valence-corrected chi connectivity index (χ4v) is 5.81. The first-order chi connectivity index (χ1) is 17.6. The van der Waals surface area contributed by atoms with E-state index >= 15 is 0 Å². The van der Waals surface area contributed by atoms with E-state index in [4.69, 9.17) is 62.7 Å². The summed E-state index contributed by atoms with van der Waals surface area (Å²) in [6.45, 7) is 4.20. The number of ether oxygens (including phenoxy) is 1. The first-order valence-corrected chi connectivity index (χ1v) is 13.0. The van der Waals surface area contributed by atoms with Crippen LogP contribution in [0.15, 0.2) is 42.5 Å². The van der Waals surface area contributed by atoms with Crippen molar-refractivity contribution >= 4 is 81.4 Å². The van der Waals surface area contributed by atoms with Crippen LogP contribution in [-0.4, -0.2) is 35.3 Å². The predicted octanol–water partition coefficient (Wildman–Crippen LogP) is 7.41. The standard InChI is InChI=1S/C26H17Cl5N2O4/c1-3-37-14-8-5-12(6-9-14)22-23(26(36)32(22)13-7-4-11(2)15(27)10-13)33-24(34)16-17(25(33)35)19(29)21(31)20(30)18(16)28/h4-10,22-23H,3H2,1-2H3. The first kappa shape index (κ1) is 26.1. The number of hydrogen-bond acceptors (Lipinski definition) is 4. The Morgan fingerprint density at radius 2 is 1.32 bits per heavy atom. The van der Waals surface area contributed by atoms with Crippen molar-refractivity contribution in [2.45, 2.75) is 25.9 Å². The number of nitrogens with zero attached hydrogens (tertiary/aromatic N) is 2. The molecule has 0 spiro atoms. The fraction of sp³-hybridized carbons (Fsp3) is 0.192. The molecule has 11 heteroatoms. The maximum absolute atomic E-state index is 13.6. The Balaban J connectivity index is 1.62. The normalized spacial score (nSPS) is 18.8. The monoisotopic (exact) mass is 596 g/mol. The number of imide groups is 1. The van der Waals surface area contributed by atoms with Gasteiger partial charge in [0.2, 0.25) is 0 Å². The van der Waals surface area contributed by atoms with Crippen molar-refractivity contribution in [3.63, 3.8) is 0 Å². The third kappa shape index (κ3) is 3.98. The molecule has 3 amide bonds. The number of hydrogen-bond donors (Lipinski definition) is 0. The maximum atomic E-state index is 13.6. The highest BCUT2D eigenvalue weighted by atomic mass is 35.5. The highest BCUT2D eigenvalue weighted by molar-refractivity contribution is 6.55. The van der Waals surface area contributed by atoms with E-state index in [1.54, 1.807) is 42.5 Å². The minimum atomic E-state index is -1.17. The molecule has 0 bridgehead atoms. The molecule has 190 valence electrons. The molecule has 0 N–H and O–H groups in total. The number of β-lactam (4-membered cyclic amide) rings is 1. The number of benzene rings is 3. The Kier molecular flexibility index (Phi) is 6.84. The summed E-state index contributed by atoms with van der Waals surface area (Å²) in [6.07, 6.45) is 0. The zero-order valence-corrected chi connectivity index (χ0v) is 23.1. The van der Waals surface area contributed by atoms with E-state index in [1.165, 1.54) is 4.90 Å². The smallest absolute Gasteiger partial charge is 0.264 e. The predicted molar refractivity (Wildman–Crippen MR) is 145 cm³/mol. The summed E-state index contributed by atoms with van der Waals surface area (Å²) in [5.74, 6) is -1.39. The number of halogens is 5. The van der Waals surface area contributed by atoms with E-state index in [-0.39, 0.29) is 31.2 Å². The topological polar surface area (TPSA) is 66.9 Å². The molecule has 2 aliphatic heterocycles. The van der Waals surface area contributed by atoms with Crippen molar-refractivity contribution < 1.29 is 19.1 Å². The van der Waals surface area contributed by atoms with E-state index in [0.717, 1.165) is 10.5 Å². The summed E-state index contributed by atoms with van der Waals surface area (Å²) < 4.78 is 5.53. The summed E-state index contributed by atoms with van der Waals surface area (Å²) in [5, 5.41) is -0.206. The molecule has 2 atom stereocenters. The first-order valence-electron chi connectivity index (χ1n) is 11.1. The van der Waals surface area contributed by atoms with Crippen molar-refractivity contribution in [3.8, 4) is 5.75 Å². The Morgan fingerprint density at radius 3 is 1.84 bits per heavy atom. The van der Waals surface area contributed by atoms with Crippen LogP contribution in [0, 0.1) is 6.92 Å². The average molecular weight is 599 g/mol. The second-order valence-electron chi connectivity index (χ2n) is 8.52. The molecule has 0 aliphatic carbocycles. The number of carbonyl (C=O) groups is 3. The van der Waals surface area contributed by atoms with E-state index in [0.29, 0.717) is 28.6 Å². The molecule has 5 rings (SSSR count). The van der Waals surface area contributed by atoms with Crippen LogP contribution in [0.5, 0.6) is 5.75 Å². The van der Waals surface area contributed by atoms with E-state index in [2.05, 4.69) is 0 Å². The molecule has 37 heavy (non-hydrogen) atoms. The molecule has 0 saturated carbocycles. The van der Waals surface area contributed by atoms with Gasteiger partial charge in [0, 0.05) is 10.7 Å². The molecule has 2 heterocycles. The molecular formula is C26H17Cl5N2O4. The summed E-state index contributed by atoms with van der Waals surface area (Å²) >= 11 is 31.2. The largest absolute Gasteiger partial charge is 0.494 e. The van der Waals surface area contributed by atoms with E-state index in [1.807, 2.05) is 13.8 Å². The van der Waals surface area contributed by atoms with Gasteiger partial charge < -0.3 is 9.64 Å². The van der Waals surface area contributed by atoms with Gasteiger partial charge in [-0.3, -0.25) is 19.3 Å². The lowest BCUT2D eigenvalue weighted by Gasteiger charge is -2.49. The second-order valence-corrected chi connectivity index (χ2v) is 10.4. The van der Waals surface area contributed by atoms with Crippen LogP contribution in [0.4, 0.5) is 5.69 Å². The lowest BCUT2D eigenvalue weighted by molar-refractivity contribution is -0.130. The van der Waals surface area contributed by atoms with Crippen molar-refractivity contribution in [1.29, 1.82) is 0 Å². The second kappa shape index (κ2) is 9.68. The van der Waals surface area contributed by atoms with E-state index < -0.39 is 29.8 Å². The summed E-state index contributed by atoms with van der Waals surface area (Å²) in [6, 6.07) is 10.4. The maximum Gasteiger partial charge on any atom is 0.264 e. The van der Waals surface area contributed by atoms with Gasteiger partial charge in [0.15, 0.2) is 0 Å². The minimum Gasteiger partial charge on any atom is -0.494 e. The molecule has 2 aliphatic rings. The van der Waals surface area contributed by atoms with Gasteiger partial charge in [0.1, 0.15) is 11.8 Å². The number of rotatable bonds is 5. The van der Waals surface area contributed by atoms with Crippen molar-refractivity contribution in [3.05, 3.63) is 89.8 Å². The molecule has 1 saturated heterocycles. The number of aryl methyl sites for hydroxylation is 1. The molecule has 2 unspecified atom stereocenters. The average Bonchev–Trinajstić information content (AvgIpc) is 3.13. The zero-order valence-electron chi connectivity index (χ0n) is 19.3. The highest BCUT2D eigenvalue weighted by Crippen LogP contribution is 2.49. The van der Waals surface area contributed by atoms with Crippen LogP contribution in [0.1, 0.15) is 44.8 Å². The van der Waals surface area contributed by atoms with Crippen LogP contribution >= 0.6 is 58.0 Å². The molecule has 0 aromatic heterocycles. The lowest BCUT2D eigenvalue weighted by Crippen LogP contribution is -2.67. The van der Waals surface area contributed by atoms with Crippen molar-refractivity contribution in [1.82, 2.24) is 4.90 Å². The van der Waals surface area contributed by atoms with Crippen molar-refractivity contribution in [2.75, 3.05) is 11.5 Å². The highest BCUT2D eigenvalue weighted by Gasteiger charge is 2.58. The van der Waals surface area contributed by atoms with Crippen LogP contribution in [0.25, 0.3) is 0 Å². The van der Waals surface area contributed by atoms with Crippen LogP contribution in [0.2, 0.25) is 25.1 Å². The van der Waals surface area contributed by atoms with Gasteiger partial charge in [-0.2, -0.15) is 0 Å². The number of anilines is 1.